The van der Waals surface area contributed by atoms with Crippen LogP contribution in [-0.4, -0.2) is 56.6 Å². The highest BCUT2D eigenvalue weighted by molar-refractivity contribution is 7.91. The van der Waals surface area contributed by atoms with Crippen molar-refractivity contribution in [3.63, 3.8) is 0 Å². The molecule has 9 nitrogen and oxygen atoms in total. The molecule has 1 aromatic heterocycles. The summed E-state index contributed by atoms with van der Waals surface area (Å²) in [5.41, 5.74) is 0.358. The SMILES string of the molecule is CS(=O)(=O)CCc1csc2c1S(=O)(=O)N=C(C1=C(O)C3CCCC3N(Cc3ccc(F)c(F)c3)C1=O)N2. The topological polar surface area (TPSA) is 133 Å². The van der Waals surface area contributed by atoms with Crippen LogP contribution in [0.3, 0.4) is 0 Å². The van der Waals surface area contributed by atoms with Crippen molar-refractivity contribution in [1.82, 2.24) is 4.90 Å². The minimum Gasteiger partial charge on any atom is -0.511 e. The van der Waals surface area contributed by atoms with Gasteiger partial charge in [-0.05, 0) is 47.9 Å². The fourth-order valence-corrected chi connectivity index (χ4v) is 8.35. The number of fused-ring (bicyclic) bond motifs is 2. The molecule has 2 aliphatic heterocycles. The van der Waals surface area contributed by atoms with Gasteiger partial charge in [0.05, 0.1) is 5.75 Å². The third kappa shape index (κ3) is 4.77. The maximum atomic E-state index is 13.8. The second-order valence-electron chi connectivity index (χ2n) is 9.39. The highest BCUT2D eigenvalue weighted by Gasteiger charge is 2.47. The molecule has 14 heteroatoms. The van der Waals surface area contributed by atoms with Crippen molar-refractivity contribution in [2.24, 2.45) is 10.3 Å². The van der Waals surface area contributed by atoms with E-state index in [4.69, 9.17) is 0 Å². The lowest BCUT2D eigenvalue weighted by Crippen LogP contribution is -2.49. The number of amides is 1. The van der Waals surface area contributed by atoms with Crippen molar-refractivity contribution < 1.29 is 35.5 Å². The first kappa shape index (κ1) is 25.8. The number of carbonyl (C=O) groups is 1. The van der Waals surface area contributed by atoms with Crippen molar-refractivity contribution in [3.8, 4) is 0 Å². The van der Waals surface area contributed by atoms with Gasteiger partial charge in [0, 0.05) is 24.8 Å². The van der Waals surface area contributed by atoms with Crippen LogP contribution in [-0.2, 0) is 37.6 Å². The number of aryl methyl sites for hydroxylation is 1. The number of aliphatic hydroxyl groups excluding tert-OH is 1. The summed E-state index contributed by atoms with van der Waals surface area (Å²) >= 11 is 1.03. The van der Waals surface area contributed by atoms with Crippen LogP contribution >= 0.6 is 11.3 Å². The molecule has 198 valence electrons. The molecule has 1 aromatic carbocycles. The Morgan fingerprint density at radius 2 is 2.00 bits per heavy atom. The summed E-state index contributed by atoms with van der Waals surface area (Å²) < 4.78 is 80.5. The van der Waals surface area contributed by atoms with E-state index in [1.807, 2.05) is 0 Å². The van der Waals surface area contributed by atoms with Crippen LogP contribution in [0.5, 0.6) is 0 Å². The maximum absolute atomic E-state index is 13.8. The first-order valence-electron chi connectivity index (χ1n) is 11.4. The molecular formula is C23H23F2N3O6S3. The Morgan fingerprint density at radius 1 is 1.24 bits per heavy atom. The largest absolute Gasteiger partial charge is 0.511 e. The molecule has 0 radical (unpaired) electrons. The summed E-state index contributed by atoms with van der Waals surface area (Å²) in [5.74, 6) is -4.03. The Labute approximate surface area is 216 Å². The summed E-state index contributed by atoms with van der Waals surface area (Å²) in [5, 5.41) is 15.6. The van der Waals surface area contributed by atoms with Gasteiger partial charge in [-0.2, -0.15) is 8.42 Å². The Bertz CT molecular complexity index is 1580. The molecular weight excluding hydrogens is 548 g/mol. The molecule has 5 rings (SSSR count). The number of anilines is 1. The average molecular weight is 572 g/mol. The summed E-state index contributed by atoms with van der Waals surface area (Å²) in [6.45, 7) is -0.0616. The van der Waals surface area contributed by atoms with E-state index in [2.05, 4.69) is 9.71 Å². The number of benzene rings is 1. The number of sulfonamides is 1. The molecule has 3 heterocycles. The van der Waals surface area contributed by atoms with Crippen molar-refractivity contribution in [2.45, 2.75) is 43.2 Å². The number of halogens is 2. The molecule has 2 N–H and O–H groups in total. The van der Waals surface area contributed by atoms with Crippen LogP contribution in [0.1, 0.15) is 30.4 Å². The third-order valence-electron chi connectivity index (χ3n) is 6.80. The lowest BCUT2D eigenvalue weighted by Gasteiger charge is -2.38. The van der Waals surface area contributed by atoms with Crippen LogP contribution < -0.4 is 5.32 Å². The molecule has 0 bridgehead atoms. The number of nitrogens with one attached hydrogen (secondary N) is 1. The zero-order chi connectivity index (χ0) is 26.7. The fourth-order valence-electron chi connectivity index (χ4n) is 5.09. The van der Waals surface area contributed by atoms with E-state index in [1.54, 1.807) is 0 Å². The van der Waals surface area contributed by atoms with Crippen LogP contribution in [0.2, 0.25) is 0 Å². The van der Waals surface area contributed by atoms with Gasteiger partial charge in [-0.25, -0.2) is 17.2 Å². The van der Waals surface area contributed by atoms with Gasteiger partial charge in [-0.1, -0.05) is 12.5 Å². The van der Waals surface area contributed by atoms with Gasteiger partial charge in [0.1, 0.15) is 31.1 Å². The Kier molecular flexibility index (Phi) is 6.39. The maximum Gasteiger partial charge on any atom is 0.287 e. The van der Waals surface area contributed by atoms with E-state index in [-0.39, 0.29) is 51.8 Å². The van der Waals surface area contributed by atoms with Crippen molar-refractivity contribution in [1.29, 1.82) is 0 Å². The lowest BCUT2D eigenvalue weighted by molar-refractivity contribution is -0.132. The number of thiophene rings is 1. The molecule has 1 fully saturated rings. The number of amidine groups is 1. The number of aliphatic hydroxyl groups is 1. The smallest absolute Gasteiger partial charge is 0.287 e. The van der Waals surface area contributed by atoms with Gasteiger partial charge in [0.25, 0.3) is 15.9 Å². The number of sulfone groups is 1. The summed E-state index contributed by atoms with van der Waals surface area (Å²) in [6.07, 6.45) is 2.90. The summed E-state index contributed by atoms with van der Waals surface area (Å²) in [6, 6.07) is 2.95. The van der Waals surface area contributed by atoms with Gasteiger partial charge in [0.2, 0.25) is 0 Å². The Balaban J connectivity index is 1.51. The van der Waals surface area contributed by atoms with E-state index >= 15 is 0 Å². The lowest BCUT2D eigenvalue weighted by atomic mass is 9.90. The van der Waals surface area contributed by atoms with E-state index in [0.29, 0.717) is 30.4 Å². The van der Waals surface area contributed by atoms with Crippen LogP contribution in [0.15, 0.2) is 44.2 Å². The normalized spacial score (nSPS) is 22.9. The fraction of sp³-hybridized carbons (Fsp3) is 0.391. The van der Waals surface area contributed by atoms with E-state index in [1.165, 1.54) is 16.3 Å². The van der Waals surface area contributed by atoms with E-state index in [0.717, 1.165) is 29.7 Å². The number of hydrogen-bond donors (Lipinski definition) is 2. The van der Waals surface area contributed by atoms with Crippen molar-refractivity contribution in [2.75, 3.05) is 17.3 Å². The molecule has 1 aliphatic carbocycles. The quantitative estimate of drug-likeness (QED) is 0.544. The Morgan fingerprint density at radius 3 is 2.70 bits per heavy atom. The van der Waals surface area contributed by atoms with Crippen LogP contribution in [0, 0.1) is 17.6 Å². The molecule has 0 saturated heterocycles. The second kappa shape index (κ2) is 9.17. The molecule has 3 aliphatic rings. The highest BCUT2D eigenvalue weighted by Crippen LogP contribution is 2.43. The molecule has 2 aromatic rings. The number of nitrogens with zero attached hydrogens (tertiary/aromatic N) is 2. The van der Waals surface area contributed by atoms with Gasteiger partial charge in [-0.3, -0.25) is 4.79 Å². The first-order chi connectivity index (χ1) is 17.4. The van der Waals surface area contributed by atoms with Crippen LogP contribution in [0.4, 0.5) is 13.8 Å². The molecule has 1 saturated carbocycles. The molecule has 2 atom stereocenters. The Hall–Kier alpha value is -2.84. The molecule has 2 unspecified atom stereocenters. The van der Waals surface area contributed by atoms with Crippen molar-refractivity contribution in [3.05, 3.63) is 57.7 Å². The predicted molar refractivity (Wildman–Crippen MR) is 134 cm³/mol. The molecule has 0 spiro atoms. The number of rotatable bonds is 6. The van der Waals surface area contributed by atoms with E-state index < -0.39 is 43.3 Å². The highest BCUT2D eigenvalue weighted by atomic mass is 32.2. The zero-order valence-electron chi connectivity index (χ0n) is 19.6. The number of carbonyl (C=O) groups excluding carboxylic acids is 1. The predicted octanol–water partition coefficient (Wildman–Crippen LogP) is 3.15. The zero-order valence-corrected chi connectivity index (χ0v) is 22.0. The average Bonchev–Trinajstić information content (AvgIpc) is 3.45. The van der Waals surface area contributed by atoms with Gasteiger partial charge >= 0.3 is 0 Å². The molecule has 1 amide bonds. The third-order valence-corrected chi connectivity index (χ3v) is 10.2. The van der Waals surface area contributed by atoms with Gasteiger partial charge in [-0.15, -0.1) is 15.7 Å². The minimum absolute atomic E-state index is 0.0188. The second-order valence-corrected chi connectivity index (χ2v) is 14.1. The van der Waals surface area contributed by atoms with Gasteiger partial charge < -0.3 is 15.3 Å². The number of hydrogen-bond acceptors (Lipinski definition) is 8. The van der Waals surface area contributed by atoms with Gasteiger partial charge in [0.15, 0.2) is 17.5 Å². The summed E-state index contributed by atoms with van der Waals surface area (Å²) in [4.78, 5) is 14.9. The monoisotopic (exact) mass is 571 g/mol. The van der Waals surface area contributed by atoms with E-state index in [9.17, 15) is 35.5 Å². The van der Waals surface area contributed by atoms with Crippen LogP contribution in [0.25, 0.3) is 0 Å². The molecule has 37 heavy (non-hydrogen) atoms. The standard InChI is InChI=1S/C23H23F2N3O6S3/c1-36(31,32)8-7-13-11-35-22-20(13)37(33,34)27-21(26-22)18-19(29)14-3-2-4-17(14)28(23(18)30)10-12-5-6-15(24)16(25)9-12/h5-6,9,11,14,17,29H,2-4,7-8,10H2,1H3,(H,26,27). The first-order valence-corrected chi connectivity index (χ1v) is 15.8. The minimum atomic E-state index is -4.32. The summed E-state index contributed by atoms with van der Waals surface area (Å²) in [7, 11) is -7.65. The van der Waals surface area contributed by atoms with Crippen molar-refractivity contribution >= 4 is 47.9 Å².